The fourth-order valence-electron chi connectivity index (χ4n) is 0.975. The summed E-state index contributed by atoms with van der Waals surface area (Å²) in [5.41, 5.74) is 0.925. The maximum atomic E-state index is 11.7. The normalized spacial score (nSPS) is 10.0. The standard InChI is InChI=1S/C5H5BrFNO.C5H6BrNO2/c6-2-5-1-4(3-7)8-9-5;6-2-5-1-4(3-8)7-9-5/h1H,2-3H2;1,8H,2-3H2. The summed E-state index contributed by atoms with van der Waals surface area (Å²) < 4.78 is 21.2. The lowest BCUT2D eigenvalue weighted by Gasteiger charge is -1.76. The highest BCUT2D eigenvalue weighted by Gasteiger charge is 2.00. The highest BCUT2D eigenvalue weighted by atomic mass is 79.9. The van der Waals surface area contributed by atoms with Gasteiger partial charge in [-0.25, -0.2) is 4.39 Å². The van der Waals surface area contributed by atoms with E-state index in [-0.39, 0.29) is 6.61 Å². The lowest BCUT2D eigenvalue weighted by molar-refractivity contribution is 0.265. The molecule has 1 N–H and O–H groups in total. The Morgan fingerprint density at radius 3 is 1.83 bits per heavy atom. The number of hydrogen-bond acceptors (Lipinski definition) is 5. The van der Waals surface area contributed by atoms with Crippen LogP contribution >= 0.6 is 31.9 Å². The molecule has 0 aliphatic heterocycles. The number of rotatable bonds is 4. The van der Waals surface area contributed by atoms with E-state index < -0.39 is 6.67 Å². The SMILES string of the molecule is FCc1cc(CBr)on1.OCc1cc(CBr)on1. The van der Waals surface area contributed by atoms with E-state index in [1.54, 1.807) is 12.1 Å². The first-order chi connectivity index (χ1) is 8.73. The molecule has 0 saturated heterocycles. The van der Waals surface area contributed by atoms with Gasteiger partial charge in [0.15, 0.2) is 0 Å². The van der Waals surface area contributed by atoms with Crippen LogP contribution in [0.4, 0.5) is 4.39 Å². The molecule has 0 radical (unpaired) electrons. The number of aliphatic hydroxyl groups is 1. The van der Waals surface area contributed by atoms with Crippen molar-refractivity contribution in [2.75, 3.05) is 0 Å². The topological polar surface area (TPSA) is 72.3 Å². The van der Waals surface area contributed by atoms with Crippen molar-refractivity contribution < 1.29 is 18.5 Å². The van der Waals surface area contributed by atoms with Crippen LogP contribution in [0.25, 0.3) is 0 Å². The van der Waals surface area contributed by atoms with E-state index in [4.69, 9.17) is 9.63 Å². The summed E-state index contributed by atoms with van der Waals surface area (Å²) in [6, 6.07) is 3.28. The predicted octanol–water partition coefficient (Wildman–Crippen LogP) is 3.10. The molecule has 0 saturated carbocycles. The fourth-order valence-corrected chi connectivity index (χ4v) is 1.50. The van der Waals surface area contributed by atoms with Gasteiger partial charge in [0.2, 0.25) is 0 Å². The lowest BCUT2D eigenvalue weighted by Crippen LogP contribution is -1.78. The van der Waals surface area contributed by atoms with Crippen molar-refractivity contribution in [2.24, 2.45) is 0 Å². The maximum Gasteiger partial charge on any atom is 0.147 e. The van der Waals surface area contributed by atoms with E-state index in [0.29, 0.717) is 27.8 Å². The van der Waals surface area contributed by atoms with Crippen LogP contribution in [0.1, 0.15) is 22.9 Å². The average Bonchev–Trinajstić information content (AvgIpc) is 3.07. The summed E-state index contributed by atoms with van der Waals surface area (Å²) in [4.78, 5) is 0. The highest BCUT2D eigenvalue weighted by molar-refractivity contribution is 9.08. The smallest absolute Gasteiger partial charge is 0.147 e. The van der Waals surface area contributed by atoms with Crippen LogP contribution in [0.2, 0.25) is 0 Å². The van der Waals surface area contributed by atoms with Crippen molar-refractivity contribution in [3.05, 3.63) is 35.0 Å². The van der Waals surface area contributed by atoms with Gasteiger partial charge in [-0.15, -0.1) is 0 Å². The first kappa shape index (κ1) is 15.3. The summed E-state index contributed by atoms with van der Waals surface area (Å²) in [7, 11) is 0. The van der Waals surface area contributed by atoms with E-state index in [1.165, 1.54) is 0 Å². The van der Waals surface area contributed by atoms with E-state index >= 15 is 0 Å². The quantitative estimate of drug-likeness (QED) is 0.818. The van der Waals surface area contributed by atoms with E-state index in [0.717, 1.165) is 5.76 Å². The molecular formula is C10H11Br2FN2O3. The van der Waals surface area contributed by atoms with Crippen molar-refractivity contribution in [3.63, 3.8) is 0 Å². The number of aromatic nitrogens is 2. The van der Waals surface area contributed by atoms with Gasteiger partial charge < -0.3 is 14.2 Å². The second-order valence-electron chi connectivity index (χ2n) is 3.13. The molecular weight excluding hydrogens is 375 g/mol. The first-order valence-electron chi connectivity index (χ1n) is 4.91. The highest BCUT2D eigenvalue weighted by Crippen LogP contribution is 2.08. The minimum absolute atomic E-state index is 0.0590. The average molecular weight is 386 g/mol. The Balaban J connectivity index is 0.000000180. The zero-order chi connectivity index (χ0) is 13.4. The summed E-state index contributed by atoms with van der Waals surface area (Å²) in [5.74, 6) is 1.39. The molecule has 0 fully saturated rings. The third-order valence-corrected chi connectivity index (χ3v) is 2.88. The van der Waals surface area contributed by atoms with Crippen molar-refractivity contribution in [3.8, 4) is 0 Å². The second-order valence-corrected chi connectivity index (χ2v) is 4.25. The van der Waals surface area contributed by atoms with Gasteiger partial charge in [-0.05, 0) is 0 Å². The zero-order valence-electron chi connectivity index (χ0n) is 9.28. The van der Waals surface area contributed by atoms with E-state index in [9.17, 15) is 4.39 Å². The van der Waals surface area contributed by atoms with Crippen LogP contribution < -0.4 is 0 Å². The summed E-state index contributed by atoms with van der Waals surface area (Å²) in [5, 5.41) is 16.7. The van der Waals surface area contributed by atoms with Gasteiger partial charge in [-0.1, -0.05) is 42.2 Å². The Kier molecular flexibility index (Phi) is 7.14. The van der Waals surface area contributed by atoms with Gasteiger partial charge in [-0.2, -0.15) is 0 Å². The zero-order valence-corrected chi connectivity index (χ0v) is 12.4. The molecule has 0 spiro atoms. The molecule has 100 valence electrons. The largest absolute Gasteiger partial charge is 0.390 e. The molecule has 0 bridgehead atoms. The van der Waals surface area contributed by atoms with Gasteiger partial charge in [0.05, 0.1) is 17.3 Å². The molecule has 0 amide bonds. The van der Waals surface area contributed by atoms with Crippen LogP contribution in [0, 0.1) is 0 Å². The van der Waals surface area contributed by atoms with Gasteiger partial charge in [0.25, 0.3) is 0 Å². The Hall–Kier alpha value is -0.730. The number of hydrogen-bond donors (Lipinski definition) is 1. The molecule has 2 aromatic heterocycles. The monoisotopic (exact) mass is 384 g/mol. The first-order valence-corrected chi connectivity index (χ1v) is 7.15. The molecule has 2 heterocycles. The molecule has 18 heavy (non-hydrogen) atoms. The maximum absolute atomic E-state index is 11.7. The fraction of sp³-hybridized carbons (Fsp3) is 0.400. The molecule has 8 heteroatoms. The third-order valence-electron chi connectivity index (χ3n) is 1.78. The van der Waals surface area contributed by atoms with Crippen molar-refractivity contribution in [1.29, 1.82) is 0 Å². The number of alkyl halides is 3. The molecule has 0 aliphatic carbocycles. The minimum atomic E-state index is -0.559. The minimum Gasteiger partial charge on any atom is -0.390 e. The van der Waals surface area contributed by atoms with Crippen LogP contribution in [-0.2, 0) is 23.9 Å². The van der Waals surface area contributed by atoms with Crippen molar-refractivity contribution >= 4 is 31.9 Å². The van der Waals surface area contributed by atoms with Crippen LogP contribution in [0.3, 0.4) is 0 Å². The molecule has 0 aliphatic rings. The molecule has 2 aromatic rings. The van der Waals surface area contributed by atoms with Crippen LogP contribution in [-0.4, -0.2) is 15.4 Å². The van der Waals surface area contributed by atoms with Crippen LogP contribution in [0.5, 0.6) is 0 Å². The number of aliphatic hydroxyl groups excluding tert-OH is 1. The molecule has 0 aromatic carbocycles. The molecule has 0 unspecified atom stereocenters. The molecule has 5 nitrogen and oxygen atoms in total. The Morgan fingerprint density at radius 1 is 1.06 bits per heavy atom. The van der Waals surface area contributed by atoms with Gasteiger partial charge in [0.1, 0.15) is 29.6 Å². The Bertz CT molecular complexity index is 382. The summed E-state index contributed by atoms with van der Waals surface area (Å²) >= 11 is 6.33. The Labute approximate surface area is 120 Å². The van der Waals surface area contributed by atoms with Crippen molar-refractivity contribution in [2.45, 2.75) is 23.9 Å². The number of nitrogens with zero attached hydrogens (tertiary/aromatic N) is 2. The second kappa shape index (κ2) is 8.39. The van der Waals surface area contributed by atoms with Crippen molar-refractivity contribution in [1.82, 2.24) is 10.3 Å². The van der Waals surface area contributed by atoms with Crippen LogP contribution in [0.15, 0.2) is 21.2 Å². The third kappa shape index (κ3) is 4.87. The molecule has 2 rings (SSSR count). The predicted molar refractivity (Wildman–Crippen MR) is 69.0 cm³/mol. The summed E-state index contributed by atoms with van der Waals surface area (Å²) in [6.45, 7) is -0.618. The van der Waals surface area contributed by atoms with Gasteiger partial charge in [-0.3, -0.25) is 0 Å². The lowest BCUT2D eigenvalue weighted by atomic mass is 10.4. The van der Waals surface area contributed by atoms with E-state index in [1.807, 2.05) is 0 Å². The molecule has 0 atom stereocenters. The number of halogens is 3. The van der Waals surface area contributed by atoms with E-state index in [2.05, 4.69) is 46.7 Å². The van der Waals surface area contributed by atoms with Gasteiger partial charge >= 0.3 is 0 Å². The Morgan fingerprint density at radius 2 is 1.56 bits per heavy atom. The van der Waals surface area contributed by atoms with Gasteiger partial charge in [0, 0.05) is 12.1 Å². The summed E-state index contributed by atoms with van der Waals surface area (Å²) in [6.07, 6.45) is 0.